The lowest BCUT2D eigenvalue weighted by atomic mass is 10.1. The van der Waals surface area contributed by atoms with Crippen LogP contribution in [0, 0.1) is 20.8 Å². The number of primary sulfonamides is 1. The van der Waals surface area contributed by atoms with Gasteiger partial charge in [-0.25, -0.2) is 18.5 Å². The van der Waals surface area contributed by atoms with E-state index < -0.39 is 15.9 Å². The van der Waals surface area contributed by atoms with Gasteiger partial charge in [0.1, 0.15) is 23.1 Å². The van der Waals surface area contributed by atoms with Crippen LogP contribution < -0.4 is 15.2 Å². The minimum Gasteiger partial charge on any atom is -0.486 e. The van der Waals surface area contributed by atoms with Crippen molar-refractivity contribution >= 4 is 33.0 Å². The maximum Gasteiger partial charge on any atom is 0.275 e. The Kier molecular flexibility index (Phi) is 6.02. The molecule has 3 rings (SSSR count). The predicted octanol–water partition coefficient (Wildman–Crippen LogP) is 3.55. The molecule has 0 bridgehead atoms. The number of carbonyl (C=O) groups is 1. The van der Waals surface area contributed by atoms with Crippen LogP contribution in [0.5, 0.6) is 5.75 Å². The van der Waals surface area contributed by atoms with Crippen molar-refractivity contribution in [2.45, 2.75) is 32.3 Å². The minimum absolute atomic E-state index is 0.0543. The molecule has 1 aromatic heterocycles. The van der Waals surface area contributed by atoms with Gasteiger partial charge in [0.05, 0.1) is 4.90 Å². The van der Waals surface area contributed by atoms with Crippen molar-refractivity contribution in [2.24, 2.45) is 5.14 Å². The summed E-state index contributed by atoms with van der Waals surface area (Å²) >= 11 is 1.31. The van der Waals surface area contributed by atoms with Gasteiger partial charge in [-0.05, 0) is 56.2 Å². The minimum atomic E-state index is -3.88. The molecule has 0 saturated carbocycles. The highest BCUT2D eigenvalue weighted by Gasteiger charge is 2.16. The molecule has 0 saturated heterocycles. The number of aromatic nitrogens is 1. The quantitative estimate of drug-likeness (QED) is 0.620. The number of amides is 1. The lowest BCUT2D eigenvalue weighted by molar-refractivity contribution is 0.102. The molecule has 0 unspecified atom stereocenters. The van der Waals surface area contributed by atoms with E-state index in [1.807, 2.05) is 31.2 Å². The summed E-state index contributed by atoms with van der Waals surface area (Å²) in [4.78, 5) is 16.8. The van der Waals surface area contributed by atoms with Gasteiger partial charge in [0.2, 0.25) is 10.0 Å². The molecule has 0 fully saturated rings. The molecule has 0 atom stereocenters. The van der Waals surface area contributed by atoms with E-state index in [4.69, 9.17) is 9.88 Å². The molecule has 1 heterocycles. The van der Waals surface area contributed by atoms with Gasteiger partial charge in [0.15, 0.2) is 0 Å². The van der Waals surface area contributed by atoms with Crippen LogP contribution in [-0.2, 0) is 16.6 Å². The van der Waals surface area contributed by atoms with Gasteiger partial charge >= 0.3 is 0 Å². The molecule has 9 heteroatoms. The number of nitrogens with two attached hydrogens (primary N) is 1. The van der Waals surface area contributed by atoms with Gasteiger partial charge in [-0.3, -0.25) is 4.79 Å². The fourth-order valence-corrected chi connectivity index (χ4v) is 3.88. The highest BCUT2D eigenvalue weighted by Crippen LogP contribution is 2.24. The summed E-state index contributed by atoms with van der Waals surface area (Å²) in [6, 6.07) is 10.5. The maximum absolute atomic E-state index is 12.6. The largest absolute Gasteiger partial charge is 0.486 e. The molecule has 0 aliphatic carbocycles. The number of hydrogen-bond acceptors (Lipinski definition) is 6. The Balaban J connectivity index is 1.72. The lowest BCUT2D eigenvalue weighted by Gasteiger charge is -2.12. The van der Waals surface area contributed by atoms with E-state index >= 15 is 0 Å². The molecule has 0 aliphatic heterocycles. The fraction of sp³-hybridized carbons (Fsp3) is 0.200. The third-order valence-electron chi connectivity index (χ3n) is 4.39. The molecule has 0 radical (unpaired) electrons. The van der Waals surface area contributed by atoms with Crippen molar-refractivity contribution < 1.29 is 17.9 Å². The number of sulfonamides is 1. The second kappa shape index (κ2) is 8.32. The van der Waals surface area contributed by atoms with Crippen molar-refractivity contribution in [3.63, 3.8) is 0 Å². The van der Waals surface area contributed by atoms with Crippen molar-refractivity contribution in [3.05, 3.63) is 69.2 Å². The molecule has 1 amide bonds. The Morgan fingerprint density at radius 2 is 1.86 bits per heavy atom. The van der Waals surface area contributed by atoms with Crippen LogP contribution in [0.1, 0.15) is 32.2 Å². The molecule has 3 aromatic rings. The SMILES string of the molecule is Cc1ccc(OCc2nc(C(=O)Nc3cc(S(N)(=O)=O)cc(C)c3C)cs2)cc1. The van der Waals surface area contributed by atoms with Crippen molar-refractivity contribution in [1.29, 1.82) is 0 Å². The van der Waals surface area contributed by atoms with E-state index in [1.54, 1.807) is 19.2 Å². The Morgan fingerprint density at radius 3 is 2.52 bits per heavy atom. The monoisotopic (exact) mass is 431 g/mol. The summed E-state index contributed by atoms with van der Waals surface area (Å²) in [6.45, 7) is 5.79. The molecule has 0 spiro atoms. The van der Waals surface area contributed by atoms with Crippen molar-refractivity contribution in [1.82, 2.24) is 4.98 Å². The first-order valence-electron chi connectivity index (χ1n) is 8.73. The first kappa shape index (κ1) is 21.0. The second-order valence-corrected chi connectivity index (χ2v) is 9.14. The van der Waals surface area contributed by atoms with Gasteiger partial charge in [-0.15, -0.1) is 11.3 Å². The maximum atomic E-state index is 12.6. The van der Waals surface area contributed by atoms with Gasteiger partial charge in [-0.2, -0.15) is 0 Å². The zero-order chi connectivity index (χ0) is 21.2. The number of nitrogens with zero attached hydrogens (tertiary/aromatic N) is 1. The van der Waals surface area contributed by atoms with E-state index in [0.29, 0.717) is 16.3 Å². The van der Waals surface area contributed by atoms with Crippen LogP contribution >= 0.6 is 11.3 Å². The number of ether oxygens (including phenoxy) is 1. The smallest absolute Gasteiger partial charge is 0.275 e. The van der Waals surface area contributed by atoms with Gasteiger partial charge < -0.3 is 10.1 Å². The number of rotatable bonds is 6. The number of thiazole rings is 1. The summed E-state index contributed by atoms with van der Waals surface area (Å²) < 4.78 is 29.0. The second-order valence-electron chi connectivity index (χ2n) is 6.64. The average Bonchev–Trinajstić information content (AvgIpc) is 3.13. The predicted molar refractivity (Wildman–Crippen MR) is 113 cm³/mol. The van der Waals surface area contributed by atoms with Crippen LogP contribution in [0.4, 0.5) is 5.69 Å². The lowest BCUT2D eigenvalue weighted by Crippen LogP contribution is -2.16. The van der Waals surface area contributed by atoms with Crippen LogP contribution in [0.3, 0.4) is 0 Å². The van der Waals surface area contributed by atoms with Crippen LogP contribution in [0.15, 0.2) is 46.7 Å². The zero-order valence-corrected chi connectivity index (χ0v) is 17.9. The topological polar surface area (TPSA) is 111 Å². The van der Waals surface area contributed by atoms with Crippen LogP contribution in [0.2, 0.25) is 0 Å². The molecule has 29 heavy (non-hydrogen) atoms. The molecule has 2 aromatic carbocycles. The third-order valence-corrected chi connectivity index (χ3v) is 6.10. The van der Waals surface area contributed by atoms with E-state index in [1.165, 1.54) is 23.5 Å². The average molecular weight is 432 g/mol. The number of carbonyl (C=O) groups excluding carboxylic acids is 1. The van der Waals surface area contributed by atoms with Crippen LogP contribution in [0.25, 0.3) is 0 Å². The molecule has 152 valence electrons. The first-order valence-corrected chi connectivity index (χ1v) is 11.2. The van der Waals surface area contributed by atoms with E-state index in [-0.39, 0.29) is 17.2 Å². The fourth-order valence-electron chi connectivity index (χ4n) is 2.57. The zero-order valence-electron chi connectivity index (χ0n) is 16.2. The van der Waals surface area contributed by atoms with Crippen molar-refractivity contribution in [2.75, 3.05) is 5.32 Å². The number of benzene rings is 2. The number of aryl methyl sites for hydroxylation is 2. The Bertz CT molecular complexity index is 1150. The van der Waals surface area contributed by atoms with Crippen molar-refractivity contribution in [3.8, 4) is 5.75 Å². The molecule has 7 nitrogen and oxygen atoms in total. The summed E-state index contributed by atoms with van der Waals surface area (Å²) in [7, 11) is -3.88. The van der Waals surface area contributed by atoms with E-state index in [9.17, 15) is 13.2 Å². The number of hydrogen-bond donors (Lipinski definition) is 2. The molecule has 0 aliphatic rings. The molecular formula is C20H21N3O4S2. The third kappa shape index (κ3) is 5.20. The van der Waals surface area contributed by atoms with E-state index in [0.717, 1.165) is 16.9 Å². The highest BCUT2D eigenvalue weighted by molar-refractivity contribution is 7.89. The standard InChI is InChI=1S/C20H21N3O4S2/c1-12-4-6-15(7-5-12)27-10-19-22-18(11-28-19)20(24)23-17-9-16(29(21,25)26)8-13(2)14(17)3/h4-9,11H,10H2,1-3H3,(H,23,24)(H2,21,25,26). The normalized spacial score (nSPS) is 11.3. The Labute approximate surface area is 173 Å². The number of nitrogens with one attached hydrogen (secondary N) is 1. The summed E-state index contributed by atoms with van der Waals surface area (Å²) in [5, 5.41) is 10.2. The summed E-state index contributed by atoms with van der Waals surface area (Å²) in [5.41, 5.74) is 3.21. The number of anilines is 1. The van der Waals surface area contributed by atoms with E-state index in [2.05, 4.69) is 10.3 Å². The Hall–Kier alpha value is -2.75. The Morgan fingerprint density at radius 1 is 1.17 bits per heavy atom. The molecule has 3 N–H and O–H groups in total. The summed E-state index contributed by atoms with van der Waals surface area (Å²) in [6.07, 6.45) is 0. The molecular weight excluding hydrogens is 410 g/mol. The first-order chi connectivity index (χ1) is 13.6. The highest BCUT2D eigenvalue weighted by atomic mass is 32.2. The van der Waals surface area contributed by atoms with Crippen LogP contribution in [-0.4, -0.2) is 19.3 Å². The van der Waals surface area contributed by atoms with Gasteiger partial charge in [0, 0.05) is 11.1 Å². The van der Waals surface area contributed by atoms with Gasteiger partial charge in [-0.1, -0.05) is 17.7 Å². The van der Waals surface area contributed by atoms with Gasteiger partial charge in [0.25, 0.3) is 5.91 Å². The summed E-state index contributed by atoms with van der Waals surface area (Å²) in [5.74, 6) is 0.291.